The lowest BCUT2D eigenvalue weighted by molar-refractivity contribution is 0.0939. The molecule has 2 atom stereocenters. The van der Waals surface area contributed by atoms with Crippen LogP contribution in [-0.4, -0.2) is 47.3 Å². The number of hydrogen-bond acceptors (Lipinski definition) is 6. The van der Waals surface area contributed by atoms with Gasteiger partial charge >= 0.3 is 0 Å². The van der Waals surface area contributed by atoms with Crippen molar-refractivity contribution in [1.29, 1.82) is 0 Å². The van der Waals surface area contributed by atoms with Crippen LogP contribution in [-0.2, 0) is 14.8 Å². The fourth-order valence-electron chi connectivity index (χ4n) is 3.09. The number of fused-ring (bicyclic) bond motifs is 1. The number of rotatable bonds is 8. The van der Waals surface area contributed by atoms with E-state index in [0.717, 1.165) is 5.56 Å². The monoisotopic (exact) mass is 434 g/mol. The first-order chi connectivity index (χ1) is 14.3. The highest BCUT2D eigenvalue weighted by atomic mass is 32.2. The van der Waals surface area contributed by atoms with Crippen molar-refractivity contribution in [2.45, 2.75) is 30.8 Å². The van der Waals surface area contributed by atoms with E-state index < -0.39 is 10.0 Å². The Morgan fingerprint density at radius 3 is 2.40 bits per heavy atom. The predicted octanol–water partition coefficient (Wildman–Crippen LogP) is 2.26. The van der Waals surface area contributed by atoms with E-state index in [0.29, 0.717) is 30.3 Å². The standard InChI is InChI=1S/C21H26N2O6S/c1-14(13-27-3)23-30(25,26)18-7-4-16(5-8-18)21(24)22-15(2)17-6-9-19-20(12-17)29-11-10-28-19/h4-9,12,14-15,23H,10-11,13H2,1-3H3,(H,22,24)/t14-,15+/m1/s1. The zero-order chi connectivity index (χ0) is 21.7. The van der Waals surface area contributed by atoms with Gasteiger partial charge in [0.15, 0.2) is 11.5 Å². The van der Waals surface area contributed by atoms with Gasteiger partial charge < -0.3 is 19.5 Å². The van der Waals surface area contributed by atoms with Crippen LogP contribution in [0.15, 0.2) is 47.4 Å². The van der Waals surface area contributed by atoms with Crippen LogP contribution in [0.2, 0.25) is 0 Å². The predicted molar refractivity (Wildman–Crippen MR) is 111 cm³/mol. The van der Waals surface area contributed by atoms with E-state index in [1.165, 1.54) is 31.4 Å². The Hall–Kier alpha value is -2.62. The van der Waals surface area contributed by atoms with Crippen molar-refractivity contribution in [3.05, 3.63) is 53.6 Å². The molecule has 0 aliphatic carbocycles. The second kappa shape index (κ2) is 9.46. The molecule has 2 aromatic carbocycles. The summed E-state index contributed by atoms with van der Waals surface area (Å²) in [5.41, 5.74) is 1.24. The lowest BCUT2D eigenvalue weighted by atomic mass is 10.1. The second-order valence-electron chi connectivity index (χ2n) is 7.10. The molecule has 0 fully saturated rings. The number of nitrogens with one attached hydrogen (secondary N) is 2. The fraction of sp³-hybridized carbons (Fsp3) is 0.381. The maximum atomic E-state index is 12.6. The Kier molecular flexibility index (Phi) is 6.96. The Balaban J connectivity index is 1.66. The maximum absolute atomic E-state index is 12.6. The summed E-state index contributed by atoms with van der Waals surface area (Å²) in [5, 5.41) is 2.91. The Morgan fingerprint density at radius 1 is 1.07 bits per heavy atom. The molecule has 1 amide bonds. The molecule has 0 saturated heterocycles. The van der Waals surface area contributed by atoms with E-state index >= 15 is 0 Å². The van der Waals surface area contributed by atoms with Crippen LogP contribution in [0.3, 0.4) is 0 Å². The number of benzene rings is 2. The summed E-state index contributed by atoms with van der Waals surface area (Å²) in [5.74, 6) is 1.04. The molecule has 0 unspecified atom stereocenters. The van der Waals surface area contributed by atoms with Gasteiger partial charge in [0.25, 0.3) is 5.91 Å². The van der Waals surface area contributed by atoms with E-state index in [9.17, 15) is 13.2 Å². The molecule has 8 nitrogen and oxygen atoms in total. The van der Waals surface area contributed by atoms with Crippen LogP contribution in [0.25, 0.3) is 0 Å². The minimum atomic E-state index is -3.69. The molecular weight excluding hydrogens is 408 g/mol. The Morgan fingerprint density at radius 2 is 1.73 bits per heavy atom. The molecule has 3 rings (SSSR count). The molecule has 1 heterocycles. The summed E-state index contributed by atoms with van der Waals surface area (Å²) in [6.07, 6.45) is 0. The van der Waals surface area contributed by atoms with Crippen LogP contribution in [0, 0.1) is 0 Å². The van der Waals surface area contributed by atoms with Crippen LogP contribution in [0.5, 0.6) is 11.5 Å². The first-order valence-electron chi connectivity index (χ1n) is 9.62. The SMILES string of the molecule is COC[C@@H](C)NS(=O)(=O)c1ccc(C(=O)N[C@@H](C)c2ccc3c(c2)OCCO3)cc1. The summed E-state index contributed by atoms with van der Waals surface area (Å²) in [6.45, 7) is 4.85. The largest absolute Gasteiger partial charge is 0.486 e. The molecule has 2 aromatic rings. The van der Waals surface area contributed by atoms with Crippen molar-refractivity contribution in [3.63, 3.8) is 0 Å². The molecule has 162 valence electrons. The third kappa shape index (κ3) is 5.29. The highest BCUT2D eigenvalue weighted by molar-refractivity contribution is 7.89. The van der Waals surface area contributed by atoms with Gasteiger partial charge in [-0.05, 0) is 55.8 Å². The lowest BCUT2D eigenvalue weighted by Gasteiger charge is -2.21. The zero-order valence-corrected chi connectivity index (χ0v) is 18.0. The minimum absolute atomic E-state index is 0.0851. The summed E-state index contributed by atoms with van der Waals surface area (Å²) >= 11 is 0. The van der Waals surface area contributed by atoms with Gasteiger partial charge in [-0.25, -0.2) is 13.1 Å². The second-order valence-corrected chi connectivity index (χ2v) is 8.81. The summed E-state index contributed by atoms with van der Waals surface area (Å²) in [4.78, 5) is 12.7. The number of ether oxygens (including phenoxy) is 3. The van der Waals surface area contributed by atoms with Gasteiger partial charge in [-0.1, -0.05) is 6.07 Å². The molecule has 0 bridgehead atoms. The van der Waals surface area contributed by atoms with Crippen molar-refractivity contribution >= 4 is 15.9 Å². The molecule has 0 saturated carbocycles. The van der Waals surface area contributed by atoms with Crippen molar-refractivity contribution in [2.24, 2.45) is 0 Å². The van der Waals surface area contributed by atoms with E-state index in [2.05, 4.69) is 10.0 Å². The molecule has 0 spiro atoms. The summed E-state index contributed by atoms with van der Waals surface area (Å²) in [6, 6.07) is 10.7. The number of hydrogen-bond donors (Lipinski definition) is 2. The topological polar surface area (TPSA) is 103 Å². The van der Waals surface area contributed by atoms with Crippen LogP contribution in [0.1, 0.15) is 35.8 Å². The van der Waals surface area contributed by atoms with Gasteiger partial charge in [-0.15, -0.1) is 0 Å². The number of amides is 1. The van der Waals surface area contributed by atoms with Gasteiger partial charge in [-0.3, -0.25) is 4.79 Å². The quantitative estimate of drug-likeness (QED) is 0.661. The molecule has 9 heteroatoms. The molecule has 1 aliphatic heterocycles. The van der Waals surface area contributed by atoms with Crippen LogP contribution in [0.4, 0.5) is 0 Å². The van der Waals surface area contributed by atoms with E-state index in [1.54, 1.807) is 6.92 Å². The molecule has 2 N–H and O–H groups in total. The van der Waals surface area contributed by atoms with Gasteiger partial charge in [0.05, 0.1) is 17.5 Å². The third-order valence-corrected chi connectivity index (χ3v) is 6.22. The maximum Gasteiger partial charge on any atom is 0.251 e. The Bertz CT molecular complexity index is 991. The Labute approximate surface area is 176 Å². The molecule has 30 heavy (non-hydrogen) atoms. The van der Waals surface area contributed by atoms with E-state index in [1.807, 2.05) is 25.1 Å². The molecular formula is C21H26N2O6S. The van der Waals surface area contributed by atoms with Gasteiger partial charge in [0.1, 0.15) is 13.2 Å². The number of carbonyl (C=O) groups is 1. The molecule has 1 aliphatic rings. The number of methoxy groups -OCH3 is 1. The van der Waals surface area contributed by atoms with Crippen LogP contribution < -0.4 is 19.5 Å². The summed E-state index contributed by atoms with van der Waals surface area (Å²) < 4.78 is 43.3. The van der Waals surface area contributed by atoms with Crippen molar-refractivity contribution in [1.82, 2.24) is 10.0 Å². The molecule has 0 aromatic heterocycles. The third-order valence-electron chi connectivity index (χ3n) is 4.61. The first kappa shape index (κ1) is 22.1. The van der Waals surface area contributed by atoms with Gasteiger partial charge in [0, 0.05) is 18.7 Å². The van der Waals surface area contributed by atoms with Crippen molar-refractivity contribution < 1.29 is 27.4 Å². The van der Waals surface area contributed by atoms with Gasteiger partial charge in [0.2, 0.25) is 10.0 Å². The first-order valence-corrected chi connectivity index (χ1v) is 11.1. The zero-order valence-electron chi connectivity index (χ0n) is 17.2. The van der Waals surface area contributed by atoms with Gasteiger partial charge in [-0.2, -0.15) is 0 Å². The average molecular weight is 435 g/mol. The normalized spacial score (nSPS) is 15.3. The minimum Gasteiger partial charge on any atom is -0.486 e. The van der Waals surface area contributed by atoms with Crippen molar-refractivity contribution in [3.8, 4) is 11.5 Å². The lowest BCUT2D eigenvalue weighted by Crippen LogP contribution is -2.35. The molecule has 0 radical (unpaired) electrons. The van der Waals surface area contributed by atoms with E-state index in [-0.39, 0.29) is 29.5 Å². The fourth-order valence-corrected chi connectivity index (χ4v) is 4.32. The van der Waals surface area contributed by atoms with Crippen molar-refractivity contribution in [2.75, 3.05) is 26.9 Å². The smallest absolute Gasteiger partial charge is 0.251 e. The average Bonchev–Trinajstić information content (AvgIpc) is 2.73. The summed E-state index contributed by atoms with van der Waals surface area (Å²) in [7, 11) is -2.18. The number of carbonyl (C=O) groups excluding carboxylic acids is 1. The van der Waals surface area contributed by atoms with Crippen LogP contribution >= 0.6 is 0 Å². The van der Waals surface area contributed by atoms with E-state index in [4.69, 9.17) is 14.2 Å². The highest BCUT2D eigenvalue weighted by Crippen LogP contribution is 2.32. The highest BCUT2D eigenvalue weighted by Gasteiger charge is 2.19. The number of sulfonamides is 1.